The van der Waals surface area contributed by atoms with Crippen LogP contribution in [-0.4, -0.2) is 35.8 Å². The van der Waals surface area contributed by atoms with E-state index >= 15 is 0 Å². The molecule has 1 fully saturated rings. The minimum atomic E-state index is -0.504. The monoisotopic (exact) mass is 250 g/mol. The van der Waals surface area contributed by atoms with Gasteiger partial charge in [0.05, 0.1) is 12.7 Å². The summed E-state index contributed by atoms with van der Waals surface area (Å²) in [5, 5.41) is 9.93. The molecule has 3 N–H and O–H groups in total. The molecule has 0 bridgehead atoms. The Balaban J connectivity index is 2.04. The highest BCUT2D eigenvalue weighted by atomic mass is 16.5. The summed E-state index contributed by atoms with van der Waals surface area (Å²) in [6.07, 6.45) is 1.63. The van der Waals surface area contributed by atoms with Gasteiger partial charge in [-0.1, -0.05) is 0 Å². The molecule has 100 valence electrons. The van der Waals surface area contributed by atoms with Crippen LogP contribution >= 0.6 is 0 Å². The molecule has 0 atom stereocenters. The van der Waals surface area contributed by atoms with Crippen LogP contribution < -0.4 is 10.5 Å². The lowest BCUT2D eigenvalue weighted by Crippen LogP contribution is -2.42. The van der Waals surface area contributed by atoms with Gasteiger partial charge in [-0.25, -0.2) is 0 Å². The number of nitrogens with two attached hydrogens (primary N) is 1. The lowest BCUT2D eigenvalue weighted by Gasteiger charge is -2.36. The summed E-state index contributed by atoms with van der Waals surface area (Å²) >= 11 is 0. The average molecular weight is 250 g/mol. The maximum atomic E-state index is 9.93. The van der Waals surface area contributed by atoms with Crippen LogP contribution in [0, 0.1) is 0 Å². The molecule has 0 spiro atoms. The molecule has 4 heteroatoms. The standard InChI is InChI=1S/C14H22N2O2/c1-14(17)5-7-16(8-6-14)10-11-9-12(15)3-4-13(11)18-2/h3-4,9,17H,5-8,10,15H2,1-2H3. The van der Waals surface area contributed by atoms with E-state index in [2.05, 4.69) is 4.90 Å². The van der Waals surface area contributed by atoms with Gasteiger partial charge in [0.1, 0.15) is 5.75 Å². The zero-order valence-corrected chi connectivity index (χ0v) is 11.1. The first kappa shape index (κ1) is 13.2. The molecule has 4 nitrogen and oxygen atoms in total. The van der Waals surface area contributed by atoms with Crippen molar-refractivity contribution in [1.29, 1.82) is 0 Å². The third-order valence-corrected chi connectivity index (χ3v) is 3.63. The van der Waals surface area contributed by atoms with Crippen molar-refractivity contribution in [2.75, 3.05) is 25.9 Å². The normalized spacial score (nSPS) is 19.7. The summed E-state index contributed by atoms with van der Waals surface area (Å²) < 4.78 is 5.35. The smallest absolute Gasteiger partial charge is 0.123 e. The third kappa shape index (κ3) is 3.15. The fourth-order valence-corrected chi connectivity index (χ4v) is 2.36. The van der Waals surface area contributed by atoms with Gasteiger partial charge in [0.2, 0.25) is 0 Å². The van der Waals surface area contributed by atoms with Crippen LogP contribution in [0.2, 0.25) is 0 Å². The summed E-state index contributed by atoms with van der Waals surface area (Å²) in [5.41, 5.74) is 7.18. The highest BCUT2D eigenvalue weighted by Crippen LogP contribution is 2.26. The van der Waals surface area contributed by atoms with Crippen molar-refractivity contribution in [1.82, 2.24) is 4.90 Å². The maximum absolute atomic E-state index is 9.93. The molecule has 1 heterocycles. The summed E-state index contributed by atoms with van der Waals surface area (Å²) in [4.78, 5) is 2.33. The number of nitrogens with zero attached hydrogens (tertiary/aromatic N) is 1. The van der Waals surface area contributed by atoms with Gasteiger partial charge >= 0.3 is 0 Å². The first-order valence-electron chi connectivity index (χ1n) is 6.37. The minimum Gasteiger partial charge on any atom is -0.496 e. The second-order valence-corrected chi connectivity index (χ2v) is 5.34. The second kappa shape index (κ2) is 5.16. The Morgan fingerprint density at radius 1 is 1.39 bits per heavy atom. The van der Waals surface area contributed by atoms with E-state index in [9.17, 15) is 5.11 Å². The summed E-state index contributed by atoms with van der Waals surface area (Å²) in [6, 6.07) is 5.72. The van der Waals surface area contributed by atoms with Gasteiger partial charge < -0.3 is 15.6 Å². The predicted octanol–water partition coefficient (Wildman–Crippen LogP) is 1.62. The highest BCUT2D eigenvalue weighted by Gasteiger charge is 2.27. The van der Waals surface area contributed by atoms with Gasteiger partial charge in [-0.2, -0.15) is 0 Å². The van der Waals surface area contributed by atoms with Crippen LogP contribution in [0.25, 0.3) is 0 Å². The lowest BCUT2D eigenvalue weighted by atomic mass is 9.93. The van der Waals surface area contributed by atoms with Gasteiger partial charge in [-0.3, -0.25) is 4.90 Å². The summed E-state index contributed by atoms with van der Waals surface area (Å²) in [7, 11) is 1.68. The Bertz CT molecular complexity index is 408. The van der Waals surface area contributed by atoms with Crippen molar-refractivity contribution in [3.8, 4) is 5.75 Å². The van der Waals surface area contributed by atoms with Crippen molar-refractivity contribution >= 4 is 5.69 Å². The van der Waals surface area contributed by atoms with E-state index in [1.54, 1.807) is 7.11 Å². The van der Waals surface area contributed by atoms with Crippen LogP contribution in [0.1, 0.15) is 25.3 Å². The lowest BCUT2D eigenvalue weighted by molar-refractivity contribution is -0.00741. The molecule has 0 amide bonds. The summed E-state index contributed by atoms with van der Waals surface area (Å²) in [5.74, 6) is 0.876. The van der Waals surface area contributed by atoms with Crippen LogP contribution in [0.5, 0.6) is 5.75 Å². The highest BCUT2D eigenvalue weighted by molar-refractivity contribution is 5.47. The molecule has 2 rings (SSSR count). The van der Waals surface area contributed by atoms with Crippen LogP contribution in [0.4, 0.5) is 5.69 Å². The zero-order chi connectivity index (χ0) is 13.2. The predicted molar refractivity (Wildman–Crippen MR) is 72.5 cm³/mol. The quantitative estimate of drug-likeness (QED) is 0.800. The maximum Gasteiger partial charge on any atom is 0.123 e. The van der Waals surface area contributed by atoms with Gasteiger partial charge in [-0.05, 0) is 38.0 Å². The van der Waals surface area contributed by atoms with Crippen LogP contribution in [0.15, 0.2) is 18.2 Å². The number of rotatable bonds is 3. The number of hydrogen-bond acceptors (Lipinski definition) is 4. The molecule has 1 aromatic carbocycles. The Morgan fingerprint density at radius 2 is 2.06 bits per heavy atom. The molecule has 0 radical (unpaired) electrons. The van der Waals surface area contributed by atoms with Crippen molar-refractivity contribution in [2.24, 2.45) is 0 Å². The minimum absolute atomic E-state index is 0.504. The third-order valence-electron chi connectivity index (χ3n) is 3.63. The van der Waals surface area contributed by atoms with E-state index in [0.29, 0.717) is 0 Å². The van der Waals surface area contributed by atoms with Crippen LogP contribution in [-0.2, 0) is 6.54 Å². The van der Waals surface area contributed by atoms with E-state index in [0.717, 1.165) is 49.5 Å². The van der Waals surface area contributed by atoms with E-state index in [1.165, 1.54) is 0 Å². The first-order chi connectivity index (χ1) is 8.50. The Labute approximate surface area is 108 Å². The number of benzene rings is 1. The van der Waals surface area contributed by atoms with E-state index in [-0.39, 0.29) is 0 Å². The zero-order valence-electron chi connectivity index (χ0n) is 11.1. The number of aliphatic hydroxyl groups is 1. The van der Waals surface area contributed by atoms with Crippen LogP contribution in [0.3, 0.4) is 0 Å². The number of anilines is 1. The van der Waals surface area contributed by atoms with E-state index < -0.39 is 5.60 Å². The van der Waals surface area contributed by atoms with Gasteiger partial charge in [0, 0.05) is 30.9 Å². The van der Waals surface area contributed by atoms with Crippen molar-refractivity contribution in [3.63, 3.8) is 0 Å². The molecule has 0 aromatic heterocycles. The number of methoxy groups -OCH3 is 1. The van der Waals surface area contributed by atoms with E-state index in [4.69, 9.17) is 10.5 Å². The van der Waals surface area contributed by atoms with E-state index in [1.807, 2.05) is 25.1 Å². The topological polar surface area (TPSA) is 58.7 Å². The Hall–Kier alpha value is -1.26. The largest absolute Gasteiger partial charge is 0.496 e. The van der Waals surface area contributed by atoms with Gasteiger partial charge in [0.15, 0.2) is 0 Å². The molecular weight excluding hydrogens is 228 g/mol. The molecule has 1 aliphatic heterocycles. The fourth-order valence-electron chi connectivity index (χ4n) is 2.36. The molecule has 18 heavy (non-hydrogen) atoms. The molecular formula is C14H22N2O2. The van der Waals surface area contributed by atoms with Gasteiger partial charge in [0.25, 0.3) is 0 Å². The fraction of sp³-hybridized carbons (Fsp3) is 0.571. The number of ether oxygens (including phenoxy) is 1. The SMILES string of the molecule is COc1ccc(N)cc1CN1CCC(C)(O)CC1. The average Bonchev–Trinajstić information content (AvgIpc) is 2.32. The number of likely N-dealkylation sites (tertiary alicyclic amines) is 1. The second-order valence-electron chi connectivity index (χ2n) is 5.34. The van der Waals surface area contributed by atoms with Gasteiger partial charge in [-0.15, -0.1) is 0 Å². The molecule has 1 saturated heterocycles. The number of nitrogen functional groups attached to an aromatic ring is 1. The Morgan fingerprint density at radius 3 is 2.67 bits per heavy atom. The first-order valence-corrected chi connectivity index (χ1v) is 6.37. The van der Waals surface area contributed by atoms with Crippen molar-refractivity contribution < 1.29 is 9.84 Å². The number of hydrogen-bond donors (Lipinski definition) is 2. The molecule has 1 aliphatic rings. The molecule has 0 saturated carbocycles. The Kier molecular flexibility index (Phi) is 3.78. The molecule has 0 unspecified atom stereocenters. The van der Waals surface area contributed by atoms with Crippen molar-refractivity contribution in [3.05, 3.63) is 23.8 Å². The summed E-state index contributed by atoms with van der Waals surface area (Å²) in [6.45, 7) is 4.55. The molecule has 0 aliphatic carbocycles. The van der Waals surface area contributed by atoms with Crippen molar-refractivity contribution in [2.45, 2.75) is 31.9 Å². The molecule has 1 aromatic rings. The number of piperidine rings is 1.